The molecule has 118 valence electrons. The quantitative estimate of drug-likeness (QED) is 0.724. The average molecular weight is 313 g/mol. The van der Waals surface area contributed by atoms with Gasteiger partial charge in [0.15, 0.2) is 11.6 Å². The molecule has 2 aromatic heterocycles. The number of nitrogens with one attached hydrogen (secondary N) is 1. The van der Waals surface area contributed by atoms with E-state index < -0.39 is 5.82 Å². The van der Waals surface area contributed by atoms with Crippen LogP contribution in [0.4, 0.5) is 10.2 Å². The second kappa shape index (κ2) is 7.40. The Hall–Kier alpha value is -2.89. The summed E-state index contributed by atoms with van der Waals surface area (Å²) in [5, 5.41) is 2.97. The van der Waals surface area contributed by atoms with Crippen molar-refractivity contribution in [3.05, 3.63) is 72.1 Å². The largest absolute Gasteiger partial charge is 0.466 e. The van der Waals surface area contributed by atoms with Crippen molar-refractivity contribution in [3.8, 4) is 6.01 Å². The van der Waals surface area contributed by atoms with Gasteiger partial charge in [-0.2, -0.15) is 4.98 Å². The molecule has 1 aromatic carbocycles. The standard InChI is InChI=1S/C17H16FN3O2/c18-15-11-20-17(23-12-14-7-4-10-22-14)21-16(15)19-9-8-13-5-2-1-3-6-13/h1-7,10-11H,8-9,12H2,(H,19,20,21). The third-order valence-corrected chi connectivity index (χ3v) is 3.19. The van der Waals surface area contributed by atoms with Crippen LogP contribution in [0.2, 0.25) is 0 Å². The van der Waals surface area contributed by atoms with Crippen LogP contribution < -0.4 is 10.1 Å². The van der Waals surface area contributed by atoms with Crippen LogP contribution in [-0.2, 0) is 13.0 Å². The zero-order chi connectivity index (χ0) is 15.9. The lowest BCUT2D eigenvalue weighted by molar-refractivity contribution is 0.249. The highest BCUT2D eigenvalue weighted by Gasteiger charge is 2.08. The molecule has 0 saturated carbocycles. The summed E-state index contributed by atoms with van der Waals surface area (Å²) in [7, 11) is 0. The van der Waals surface area contributed by atoms with Gasteiger partial charge in [-0.3, -0.25) is 0 Å². The number of benzene rings is 1. The first-order chi connectivity index (χ1) is 11.3. The van der Waals surface area contributed by atoms with Crippen LogP contribution in [0, 0.1) is 5.82 Å². The summed E-state index contributed by atoms with van der Waals surface area (Å²) in [5.41, 5.74) is 1.17. The normalized spacial score (nSPS) is 10.5. The maximum absolute atomic E-state index is 13.7. The van der Waals surface area contributed by atoms with Gasteiger partial charge in [0, 0.05) is 6.54 Å². The van der Waals surface area contributed by atoms with E-state index in [9.17, 15) is 4.39 Å². The molecule has 0 aliphatic rings. The van der Waals surface area contributed by atoms with E-state index in [0.29, 0.717) is 12.3 Å². The van der Waals surface area contributed by atoms with E-state index in [4.69, 9.17) is 9.15 Å². The highest BCUT2D eigenvalue weighted by atomic mass is 19.1. The average Bonchev–Trinajstić information content (AvgIpc) is 3.10. The predicted octanol–water partition coefficient (Wildman–Crippen LogP) is 3.44. The molecule has 0 atom stereocenters. The Morgan fingerprint density at radius 3 is 2.78 bits per heavy atom. The Morgan fingerprint density at radius 2 is 2.00 bits per heavy atom. The van der Waals surface area contributed by atoms with E-state index in [1.165, 1.54) is 5.56 Å². The van der Waals surface area contributed by atoms with Gasteiger partial charge in [-0.15, -0.1) is 0 Å². The molecular weight excluding hydrogens is 297 g/mol. The maximum atomic E-state index is 13.7. The Morgan fingerprint density at radius 1 is 1.13 bits per heavy atom. The summed E-state index contributed by atoms with van der Waals surface area (Å²) in [4.78, 5) is 7.86. The first-order valence-corrected chi connectivity index (χ1v) is 7.27. The fraction of sp³-hybridized carbons (Fsp3) is 0.176. The fourth-order valence-electron chi connectivity index (χ4n) is 2.04. The molecule has 1 N–H and O–H groups in total. The molecule has 3 rings (SSSR count). The number of halogens is 1. The summed E-state index contributed by atoms with van der Waals surface area (Å²) in [6, 6.07) is 13.6. The topological polar surface area (TPSA) is 60.2 Å². The number of hydrogen-bond donors (Lipinski definition) is 1. The van der Waals surface area contributed by atoms with Gasteiger partial charge in [-0.05, 0) is 24.1 Å². The number of rotatable bonds is 7. The zero-order valence-electron chi connectivity index (χ0n) is 12.4. The van der Waals surface area contributed by atoms with Crippen LogP contribution in [0.25, 0.3) is 0 Å². The number of furan rings is 1. The van der Waals surface area contributed by atoms with Gasteiger partial charge in [0.05, 0.1) is 12.5 Å². The van der Waals surface area contributed by atoms with Crippen molar-refractivity contribution < 1.29 is 13.5 Å². The van der Waals surface area contributed by atoms with Crippen molar-refractivity contribution in [2.75, 3.05) is 11.9 Å². The molecule has 0 fully saturated rings. The van der Waals surface area contributed by atoms with E-state index in [-0.39, 0.29) is 18.4 Å². The summed E-state index contributed by atoms with van der Waals surface area (Å²) < 4.78 is 24.3. The molecule has 0 bridgehead atoms. The van der Waals surface area contributed by atoms with Crippen molar-refractivity contribution in [1.29, 1.82) is 0 Å². The summed E-state index contributed by atoms with van der Waals surface area (Å²) in [5.74, 6) is 0.269. The molecule has 23 heavy (non-hydrogen) atoms. The lowest BCUT2D eigenvalue weighted by Gasteiger charge is -2.08. The number of anilines is 1. The lowest BCUT2D eigenvalue weighted by Crippen LogP contribution is -2.09. The van der Waals surface area contributed by atoms with Crippen LogP contribution in [0.5, 0.6) is 6.01 Å². The van der Waals surface area contributed by atoms with Crippen molar-refractivity contribution in [1.82, 2.24) is 9.97 Å². The molecule has 3 aromatic rings. The number of hydrogen-bond acceptors (Lipinski definition) is 5. The Labute approximate surface area is 133 Å². The van der Waals surface area contributed by atoms with Crippen molar-refractivity contribution in [2.24, 2.45) is 0 Å². The minimum absolute atomic E-state index is 0.102. The van der Waals surface area contributed by atoms with Crippen molar-refractivity contribution >= 4 is 5.82 Å². The minimum atomic E-state index is -0.511. The van der Waals surface area contributed by atoms with E-state index in [1.807, 2.05) is 30.3 Å². The molecule has 0 saturated heterocycles. The number of nitrogens with zero attached hydrogens (tertiary/aromatic N) is 2. The molecule has 0 aliphatic carbocycles. The van der Waals surface area contributed by atoms with Crippen LogP contribution >= 0.6 is 0 Å². The van der Waals surface area contributed by atoms with Gasteiger partial charge in [-0.25, -0.2) is 9.37 Å². The molecule has 2 heterocycles. The Balaban J connectivity index is 1.56. The highest BCUT2D eigenvalue weighted by Crippen LogP contribution is 2.14. The fourth-order valence-corrected chi connectivity index (χ4v) is 2.04. The Kier molecular flexibility index (Phi) is 4.83. The van der Waals surface area contributed by atoms with Gasteiger partial charge in [0.1, 0.15) is 12.4 Å². The van der Waals surface area contributed by atoms with E-state index >= 15 is 0 Å². The SMILES string of the molecule is Fc1cnc(OCc2ccco2)nc1NCCc1ccccc1. The van der Waals surface area contributed by atoms with Crippen LogP contribution in [0.15, 0.2) is 59.3 Å². The minimum Gasteiger partial charge on any atom is -0.466 e. The third-order valence-electron chi connectivity index (χ3n) is 3.19. The summed E-state index contributed by atoms with van der Waals surface area (Å²) >= 11 is 0. The van der Waals surface area contributed by atoms with Crippen LogP contribution in [0.3, 0.4) is 0 Å². The van der Waals surface area contributed by atoms with Gasteiger partial charge >= 0.3 is 6.01 Å². The molecular formula is C17H16FN3O2. The summed E-state index contributed by atoms with van der Waals surface area (Å²) in [6.07, 6.45) is 3.42. The van der Waals surface area contributed by atoms with E-state index in [1.54, 1.807) is 18.4 Å². The molecule has 0 unspecified atom stereocenters. The molecule has 0 aliphatic heterocycles. The first kappa shape index (κ1) is 15.0. The van der Waals surface area contributed by atoms with Gasteiger partial charge < -0.3 is 14.5 Å². The first-order valence-electron chi connectivity index (χ1n) is 7.27. The smallest absolute Gasteiger partial charge is 0.318 e. The second-order valence-electron chi connectivity index (χ2n) is 4.88. The molecule has 0 spiro atoms. The van der Waals surface area contributed by atoms with Crippen LogP contribution in [-0.4, -0.2) is 16.5 Å². The molecule has 0 radical (unpaired) electrons. The number of ether oxygens (including phenoxy) is 1. The zero-order valence-corrected chi connectivity index (χ0v) is 12.4. The van der Waals surface area contributed by atoms with Crippen molar-refractivity contribution in [3.63, 3.8) is 0 Å². The molecule has 0 amide bonds. The number of aromatic nitrogens is 2. The van der Waals surface area contributed by atoms with Gasteiger partial charge in [0.25, 0.3) is 0 Å². The summed E-state index contributed by atoms with van der Waals surface area (Å²) in [6.45, 7) is 0.762. The van der Waals surface area contributed by atoms with Crippen molar-refractivity contribution in [2.45, 2.75) is 13.0 Å². The van der Waals surface area contributed by atoms with Crippen LogP contribution in [0.1, 0.15) is 11.3 Å². The highest BCUT2D eigenvalue weighted by molar-refractivity contribution is 5.36. The van der Waals surface area contributed by atoms with Gasteiger partial charge in [0.2, 0.25) is 0 Å². The third kappa shape index (κ3) is 4.29. The maximum Gasteiger partial charge on any atom is 0.318 e. The second-order valence-corrected chi connectivity index (χ2v) is 4.88. The van der Waals surface area contributed by atoms with Gasteiger partial charge in [-0.1, -0.05) is 30.3 Å². The predicted molar refractivity (Wildman–Crippen MR) is 83.7 cm³/mol. The van der Waals surface area contributed by atoms with E-state index in [2.05, 4.69) is 15.3 Å². The Bertz CT molecular complexity index is 733. The molecule has 5 nitrogen and oxygen atoms in total. The van der Waals surface area contributed by atoms with E-state index in [0.717, 1.165) is 12.6 Å². The molecule has 6 heteroatoms. The monoisotopic (exact) mass is 313 g/mol. The lowest BCUT2D eigenvalue weighted by atomic mass is 10.1.